The minimum atomic E-state index is -1.14. The molecule has 35 heavy (non-hydrogen) atoms. The van der Waals surface area contributed by atoms with Crippen molar-refractivity contribution in [1.82, 2.24) is 9.80 Å². The molecule has 2 aromatic rings. The summed E-state index contributed by atoms with van der Waals surface area (Å²) < 4.78 is 11.1. The maximum atomic E-state index is 11.9. The summed E-state index contributed by atoms with van der Waals surface area (Å²) in [5.41, 5.74) is 7.99. The van der Waals surface area contributed by atoms with Crippen molar-refractivity contribution in [3.63, 3.8) is 0 Å². The molecular weight excluding hydrogens is 450 g/mol. The largest absolute Gasteiger partial charge is 0.508 e. The zero-order valence-corrected chi connectivity index (χ0v) is 20.5. The van der Waals surface area contributed by atoms with E-state index >= 15 is 0 Å². The van der Waals surface area contributed by atoms with E-state index in [9.17, 15) is 20.1 Å². The van der Waals surface area contributed by atoms with E-state index in [0.29, 0.717) is 22.4 Å². The molecule has 1 saturated heterocycles. The molecule has 2 aliphatic heterocycles. The molecule has 2 aliphatic rings. The fraction of sp³-hybridized carbons (Fsp3) is 0.423. The molecule has 0 atom stereocenters. The Hall–Kier alpha value is -3.27. The van der Waals surface area contributed by atoms with Gasteiger partial charge >= 0.3 is 6.09 Å². The minimum absolute atomic E-state index is 0.00912. The van der Waals surface area contributed by atoms with Gasteiger partial charge in [-0.15, -0.1) is 0 Å². The Morgan fingerprint density at radius 3 is 2.29 bits per heavy atom. The van der Waals surface area contributed by atoms with Gasteiger partial charge in [-0.25, -0.2) is 9.69 Å². The molecular formula is C26H35N3O6. The van der Waals surface area contributed by atoms with E-state index in [1.807, 2.05) is 45.0 Å². The number of benzene rings is 2. The third-order valence-corrected chi connectivity index (χ3v) is 5.80. The molecule has 0 unspecified atom stereocenters. The van der Waals surface area contributed by atoms with Crippen LogP contribution in [0.5, 0.6) is 11.5 Å². The first-order chi connectivity index (χ1) is 16.8. The van der Waals surface area contributed by atoms with E-state index < -0.39 is 6.09 Å². The third-order valence-electron chi connectivity index (χ3n) is 5.80. The van der Waals surface area contributed by atoms with Crippen LogP contribution in [0.1, 0.15) is 48.9 Å². The number of ether oxygens (including phenoxy) is 2. The van der Waals surface area contributed by atoms with Crippen LogP contribution in [0.4, 0.5) is 4.79 Å². The molecule has 190 valence electrons. The summed E-state index contributed by atoms with van der Waals surface area (Å²) in [4.78, 5) is 15.3. The van der Waals surface area contributed by atoms with Gasteiger partial charge in [0.1, 0.15) is 17.2 Å². The molecule has 9 nitrogen and oxygen atoms in total. The molecule has 0 spiro atoms. The molecule has 0 saturated carbocycles. The summed E-state index contributed by atoms with van der Waals surface area (Å²) in [5.74, 6) is 0.0992. The number of hydrogen-bond acceptors (Lipinski definition) is 7. The van der Waals surface area contributed by atoms with Crippen LogP contribution in [-0.4, -0.2) is 70.8 Å². The fourth-order valence-electron chi connectivity index (χ4n) is 4.05. The number of carbonyl (C=O) groups is 1. The van der Waals surface area contributed by atoms with Crippen molar-refractivity contribution < 1.29 is 29.6 Å². The highest BCUT2D eigenvalue weighted by Crippen LogP contribution is 2.42. The smallest absolute Gasteiger partial charge is 0.414 e. The van der Waals surface area contributed by atoms with Crippen LogP contribution in [0.2, 0.25) is 0 Å². The Balaban J connectivity index is 0.00000108. The first-order valence-corrected chi connectivity index (χ1v) is 11.8. The number of carboxylic acid groups (broad SMARTS) is 1. The lowest BCUT2D eigenvalue weighted by Crippen LogP contribution is -2.35. The second kappa shape index (κ2) is 11.9. The first kappa shape index (κ1) is 26.3. The number of nitrogens with two attached hydrogens (primary N) is 1. The molecule has 1 amide bonds. The molecule has 5 N–H and O–H groups in total. The quantitative estimate of drug-likeness (QED) is 0.503. The molecule has 0 bridgehead atoms. The van der Waals surface area contributed by atoms with Crippen molar-refractivity contribution in [2.24, 2.45) is 5.73 Å². The molecule has 0 aliphatic carbocycles. The van der Waals surface area contributed by atoms with Crippen molar-refractivity contribution in [3.8, 4) is 11.5 Å². The zero-order chi connectivity index (χ0) is 25.5. The second-order valence-corrected chi connectivity index (χ2v) is 8.74. The van der Waals surface area contributed by atoms with Gasteiger partial charge in [0.05, 0.1) is 18.8 Å². The van der Waals surface area contributed by atoms with Crippen molar-refractivity contribution in [1.29, 1.82) is 0 Å². The average molecular weight is 486 g/mol. The summed E-state index contributed by atoms with van der Waals surface area (Å²) in [6, 6.07) is 10.6. The number of rotatable bonds is 5. The average Bonchev–Trinajstić information content (AvgIpc) is 3.26. The zero-order valence-electron chi connectivity index (χ0n) is 20.5. The van der Waals surface area contributed by atoms with Crippen molar-refractivity contribution in [3.05, 3.63) is 58.7 Å². The first-order valence-electron chi connectivity index (χ1n) is 11.8. The van der Waals surface area contributed by atoms with E-state index in [1.165, 1.54) is 6.07 Å². The summed E-state index contributed by atoms with van der Waals surface area (Å²) in [6.45, 7) is 10.4. The topological polar surface area (TPSA) is 129 Å². The van der Waals surface area contributed by atoms with Gasteiger partial charge in [0.2, 0.25) is 0 Å². The number of nitrogens with zero attached hydrogens (tertiary/aromatic N) is 2. The number of hydrogen-bond donors (Lipinski definition) is 4. The van der Waals surface area contributed by atoms with E-state index in [0.717, 1.165) is 49.9 Å². The monoisotopic (exact) mass is 485 g/mol. The Morgan fingerprint density at radius 1 is 1.09 bits per heavy atom. The van der Waals surface area contributed by atoms with Crippen LogP contribution in [0, 0.1) is 0 Å². The fourth-order valence-corrected chi connectivity index (χ4v) is 4.05. The van der Waals surface area contributed by atoms with Crippen LogP contribution in [0.15, 0.2) is 36.4 Å². The van der Waals surface area contributed by atoms with Crippen LogP contribution in [-0.2, 0) is 16.0 Å². The van der Waals surface area contributed by atoms with Crippen molar-refractivity contribution >= 4 is 17.5 Å². The number of aromatic hydroxyl groups is 2. The maximum Gasteiger partial charge on any atom is 0.414 e. The lowest BCUT2D eigenvalue weighted by atomic mass is 9.96. The predicted molar refractivity (Wildman–Crippen MR) is 134 cm³/mol. The summed E-state index contributed by atoms with van der Waals surface area (Å²) >= 11 is 0. The minimum Gasteiger partial charge on any atom is -0.508 e. The lowest BCUT2D eigenvalue weighted by molar-refractivity contribution is 0.0342. The van der Waals surface area contributed by atoms with Gasteiger partial charge in [0, 0.05) is 31.3 Å². The van der Waals surface area contributed by atoms with E-state index in [4.69, 9.17) is 15.2 Å². The molecule has 0 aromatic heterocycles. The van der Waals surface area contributed by atoms with Gasteiger partial charge in [-0.3, -0.25) is 4.90 Å². The normalized spacial score (nSPS) is 16.2. The van der Waals surface area contributed by atoms with Crippen molar-refractivity contribution in [2.45, 2.75) is 33.2 Å². The molecule has 9 heteroatoms. The van der Waals surface area contributed by atoms with Crippen molar-refractivity contribution in [2.75, 3.05) is 39.6 Å². The van der Waals surface area contributed by atoms with Gasteiger partial charge in [-0.2, -0.15) is 0 Å². The number of amides is 1. The van der Waals surface area contributed by atoms with E-state index in [-0.39, 0.29) is 29.9 Å². The molecule has 2 aromatic carbocycles. The van der Waals surface area contributed by atoms with Gasteiger partial charge in [0.15, 0.2) is 12.5 Å². The van der Waals surface area contributed by atoms with Gasteiger partial charge in [-0.05, 0) is 29.7 Å². The Kier molecular flexibility index (Phi) is 8.97. The Labute approximate surface area is 206 Å². The second-order valence-electron chi connectivity index (χ2n) is 8.74. The van der Waals surface area contributed by atoms with Crippen LogP contribution in [0.3, 0.4) is 0 Å². The third kappa shape index (κ3) is 6.25. The Morgan fingerprint density at radius 2 is 1.71 bits per heavy atom. The van der Waals surface area contributed by atoms with E-state index in [1.54, 1.807) is 6.07 Å². The highest BCUT2D eigenvalue weighted by atomic mass is 16.5. The van der Waals surface area contributed by atoms with Crippen LogP contribution >= 0.6 is 0 Å². The summed E-state index contributed by atoms with van der Waals surface area (Å²) in [6.07, 6.45) is -1.14. The maximum absolute atomic E-state index is 11.9. The summed E-state index contributed by atoms with van der Waals surface area (Å²) in [5, 5.41) is 30.4. The highest BCUT2D eigenvalue weighted by molar-refractivity contribution is 5.96. The SMILES string of the molecule is CC(C)c1cc(C2=C(c3ccc(CN4CCOCC4)cc3)N(C(=O)O)CO2)c(O)cc1O.CCN. The molecule has 0 radical (unpaired) electrons. The van der Waals surface area contributed by atoms with Gasteiger partial charge in [0.25, 0.3) is 0 Å². The predicted octanol–water partition coefficient (Wildman–Crippen LogP) is 3.81. The highest BCUT2D eigenvalue weighted by Gasteiger charge is 2.33. The van der Waals surface area contributed by atoms with Crippen LogP contribution in [0.25, 0.3) is 11.5 Å². The number of morpholine rings is 1. The number of phenolic OH excluding ortho intramolecular Hbond substituents is 2. The Bertz CT molecular complexity index is 1050. The van der Waals surface area contributed by atoms with E-state index in [2.05, 4.69) is 4.90 Å². The number of phenols is 2. The molecule has 4 rings (SSSR count). The molecule has 2 heterocycles. The van der Waals surface area contributed by atoms with Gasteiger partial charge in [-0.1, -0.05) is 45.0 Å². The van der Waals surface area contributed by atoms with Gasteiger partial charge < -0.3 is 30.5 Å². The molecule has 1 fully saturated rings. The van der Waals surface area contributed by atoms with Crippen LogP contribution < -0.4 is 5.73 Å². The summed E-state index contributed by atoms with van der Waals surface area (Å²) in [7, 11) is 0. The lowest BCUT2D eigenvalue weighted by Gasteiger charge is -2.26. The standard InChI is InChI=1S/C24H28N2O6.C2H7N/c1-15(2)18-11-19(21(28)12-20(18)27)23-22(26(14-32-23)24(29)30)17-5-3-16(4-6-17)13-25-7-9-31-10-8-25;1-2-3/h3-6,11-12,15,27-28H,7-10,13-14H2,1-2H3,(H,29,30);2-3H2,1H3.